The summed E-state index contributed by atoms with van der Waals surface area (Å²) in [5.74, 6) is 5.83. The number of amides is 1. The maximum absolute atomic E-state index is 11.8. The lowest BCUT2D eigenvalue weighted by atomic mass is 9.95. The van der Waals surface area contributed by atoms with Crippen molar-refractivity contribution in [1.82, 2.24) is 15.2 Å². The number of nitrogens with zero attached hydrogens (tertiary/aromatic N) is 2. The molecular formula is C16H26N4O. The minimum Gasteiger partial charge on any atom is -0.309 e. The van der Waals surface area contributed by atoms with Crippen LogP contribution in [0, 0.1) is 5.92 Å². The minimum absolute atomic E-state index is 0.215. The molecule has 0 aliphatic carbocycles. The highest BCUT2D eigenvalue weighted by molar-refractivity contribution is 5.95. The molecule has 1 aliphatic heterocycles. The topological polar surface area (TPSA) is 61.6 Å². The van der Waals surface area contributed by atoms with E-state index in [0.717, 1.165) is 31.1 Å². The Morgan fingerprint density at radius 3 is 2.62 bits per heavy atom. The Morgan fingerprint density at radius 2 is 2.00 bits per heavy atom. The van der Waals surface area contributed by atoms with Gasteiger partial charge in [-0.15, -0.1) is 0 Å². The molecule has 1 aromatic rings. The fourth-order valence-electron chi connectivity index (χ4n) is 3.04. The van der Waals surface area contributed by atoms with E-state index >= 15 is 0 Å². The summed E-state index contributed by atoms with van der Waals surface area (Å²) in [7, 11) is 4.27. The number of carbonyl (C=O) groups is 1. The lowest BCUT2D eigenvalue weighted by molar-refractivity contribution is 0.0950. The Kier molecular flexibility index (Phi) is 5.73. The summed E-state index contributed by atoms with van der Waals surface area (Å²) in [5.41, 5.74) is 3.95. The van der Waals surface area contributed by atoms with Crippen LogP contribution >= 0.6 is 0 Å². The van der Waals surface area contributed by atoms with E-state index in [0.29, 0.717) is 5.56 Å². The molecule has 0 atom stereocenters. The molecule has 3 N–H and O–H groups in total. The fourth-order valence-corrected chi connectivity index (χ4v) is 3.04. The van der Waals surface area contributed by atoms with Crippen LogP contribution in [0.25, 0.3) is 0 Å². The fraction of sp³-hybridized carbons (Fsp3) is 0.562. The molecule has 1 fully saturated rings. The summed E-state index contributed by atoms with van der Waals surface area (Å²) in [5, 5.41) is 0. The van der Waals surface area contributed by atoms with Gasteiger partial charge in [0.15, 0.2) is 0 Å². The van der Waals surface area contributed by atoms with Crippen molar-refractivity contribution in [3.05, 3.63) is 35.4 Å². The predicted octanol–water partition coefficient (Wildman–Crippen LogP) is 1.06. The second kappa shape index (κ2) is 7.54. The van der Waals surface area contributed by atoms with Crippen LogP contribution in [0.4, 0.5) is 0 Å². The third-order valence-corrected chi connectivity index (χ3v) is 4.12. The zero-order valence-corrected chi connectivity index (χ0v) is 13.0. The molecule has 0 saturated carbocycles. The van der Waals surface area contributed by atoms with Crippen LogP contribution in [0.3, 0.4) is 0 Å². The van der Waals surface area contributed by atoms with Gasteiger partial charge in [0.25, 0.3) is 5.91 Å². The summed E-state index contributed by atoms with van der Waals surface area (Å²) in [6.45, 7) is 4.17. The summed E-state index contributed by atoms with van der Waals surface area (Å²) >= 11 is 0. The van der Waals surface area contributed by atoms with Gasteiger partial charge in [-0.05, 0) is 57.6 Å². The third-order valence-electron chi connectivity index (χ3n) is 4.12. The van der Waals surface area contributed by atoms with E-state index in [1.54, 1.807) is 0 Å². The van der Waals surface area contributed by atoms with E-state index in [1.807, 2.05) is 24.3 Å². The molecule has 5 heteroatoms. The van der Waals surface area contributed by atoms with Crippen molar-refractivity contribution in [2.75, 3.05) is 33.7 Å². The Bertz CT molecular complexity index is 467. The molecule has 1 amide bonds. The number of hydrogen-bond acceptors (Lipinski definition) is 4. The molecule has 1 aromatic carbocycles. The minimum atomic E-state index is -0.215. The van der Waals surface area contributed by atoms with E-state index in [-0.39, 0.29) is 5.91 Å². The zero-order valence-electron chi connectivity index (χ0n) is 13.0. The predicted molar refractivity (Wildman–Crippen MR) is 84.7 cm³/mol. The zero-order chi connectivity index (χ0) is 15.2. The summed E-state index contributed by atoms with van der Waals surface area (Å²) in [4.78, 5) is 16.5. The van der Waals surface area contributed by atoms with Crippen LogP contribution in [0.15, 0.2) is 24.3 Å². The van der Waals surface area contributed by atoms with E-state index < -0.39 is 0 Å². The van der Waals surface area contributed by atoms with Gasteiger partial charge in [0.2, 0.25) is 0 Å². The van der Waals surface area contributed by atoms with Gasteiger partial charge in [0.1, 0.15) is 0 Å². The Balaban J connectivity index is 1.93. The number of likely N-dealkylation sites (tertiary alicyclic amines) is 1. The average molecular weight is 290 g/mol. The first-order chi connectivity index (χ1) is 10.1. The first kappa shape index (κ1) is 15.9. The van der Waals surface area contributed by atoms with Gasteiger partial charge in [-0.3, -0.25) is 15.1 Å². The van der Waals surface area contributed by atoms with Crippen LogP contribution in [0.1, 0.15) is 28.8 Å². The molecule has 1 heterocycles. The first-order valence-electron chi connectivity index (χ1n) is 7.56. The number of hydrogen-bond donors (Lipinski definition) is 2. The quantitative estimate of drug-likeness (QED) is 0.484. The third kappa shape index (κ3) is 4.52. The van der Waals surface area contributed by atoms with Crippen molar-refractivity contribution in [3.63, 3.8) is 0 Å². The number of nitrogens with two attached hydrogens (primary N) is 1. The monoisotopic (exact) mass is 290 g/mol. The smallest absolute Gasteiger partial charge is 0.265 e. The molecular weight excluding hydrogens is 264 g/mol. The summed E-state index contributed by atoms with van der Waals surface area (Å²) in [6, 6.07) is 7.69. The largest absolute Gasteiger partial charge is 0.309 e. The SMILES string of the molecule is CN(C)CC1CCN(Cc2ccccc2C(=O)NN)CC1. The van der Waals surface area contributed by atoms with Crippen molar-refractivity contribution in [3.8, 4) is 0 Å². The van der Waals surface area contributed by atoms with Gasteiger partial charge in [0.05, 0.1) is 0 Å². The van der Waals surface area contributed by atoms with E-state index in [4.69, 9.17) is 5.84 Å². The standard InChI is InChI=1S/C16H26N4O/c1-19(2)11-13-7-9-20(10-8-13)12-14-5-3-4-6-15(14)16(21)18-17/h3-6,13H,7-12,17H2,1-2H3,(H,18,21). The number of carbonyl (C=O) groups excluding carboxylic acids is 1. The van der Waals surface area contributed by atoms with Crippen LogP contribution in [-0.4, -0.2) is 49.4 Å². The van der Waals surface area contributed by atoms with Gasteiger partial charge in [-0.2, -0.15) is 0 Å². The molecule has 116 valence electrons. The summed E-state index contributed by atoms with van der Waals surface area (Å²) in [6.07, 6.45) is 2.45. The second-order valence-electron chi connectivity index (χ2n) is 6.11. The number of rotatable bonds is 5. The highest BCUT2D eigenvalue weighted by Gasteiger charge is 2.21. The Labute approximate surface area is 127 Å². The number of benzene rings is 1. The highest BCUT2D eigenvalue weighted by atomic mass is 16.2. The maximum atomic E-state index is 11.8. The molecule has 21 heavy (non-hydrogen) atoms. The Morgan fingerprint density at radius 1 is 1.33 bits per heavy atom. The Hall–Kier alpha value is -1.43. The average Bonchev–Trinajstić information content (AvgIpc) is 2.48. The van der Waals surface area contributed by atoms with Crippen LogP contribution in [-0.2, 0) is 6.54 Å². The second-order valence-corrected chi connectivity index (χ2v) is 6.11. The number of nitrogens with one attached hydrogen (secondary N) is 1. The van der Waals surface area contributed by atoms with Gasteiger partial charge in [-0.25, -0.2) is 5.84 Å². The van der Waals surface area contributed by atoms with Gasteiger partial charge in [-0.1, -0.05) is 18.2 Å². The van der Waals surface area contributed by atoms with Gasteiger partial charge < -0.3 is 4.90 Å². The van der Waals surface area contributed by atoms with Crippen molar-refractivity contribution in [2.24, 2.45) is 11.8 Å². The van der Waals surface area contributed by atoms with Crippen LogP contribution in [0.5, 0.6) is 0 Å². The molecule has 0 radical (unpaired) electrons. The molecule has 0 aromatic heterocycles. The molecule has 1 saturated heterocycles. The molecule has 0 spiro atoms. The van der Waals surface area contributed by atoms with E-state index in [9.17, 15) is 4.79 Å². The molecule has 2 rings (SSSR count). The molecule has 5 nitrogen and oxygen atoms in total. The maximum Gasteiger partial charge on any atom is 0.265 e. The van der Waals surface area contributed by atoms with Crippen LogP contribution in [0.2, 0.25) is 0 Å². The first-order valence-corrected chi connectivity index (χ1v) is 7.56. The van der Waals surface area contributed by atoms with Crippen molar-refractivity contribution < 1.29 is 4.79 Å². The lowest BCUT2D eigenvalue weighted by Crippen LogP contribution is -2.37. The number of piperidine rings is 1. The van der Waals surface area contributed by atoms with E-state index in [2.05, 4.69) is 29.3 Å². The van der Waals surface area contributed by atoms with Crippen molar-refractivity contribution in [2.45, 2.75) is 19.4 Å². The molecule has 0 unspecified atom stereocenters. The molecule has 0 bridgehead atoms. The normalized spacial score (nSPS) is 17.1. The summed E-state index contributed by atoms with van der Waals surface area (Å²) < 4.78 is 0. The van der Waals surface area contributed by atoms with Crippen molar-refractivity contribution in [1.29, 1.82) is 0 Å². The van der Waals surface area contributed by atoms with Crippen LogP contribution < -0.4 is 11.3 Å². The lowest BCUT2D eigenvalue weighted by Gasteiger charge is -2.33. The molecule has 1 aliphatic rings. The van der Waals surface area contributed by atoms with E-state index in [1.165, 1.54) is 19.4 Å². The number of hydrazine groups is 1. The highest BCUT2D eigenvalue weighted by Crippen LogP contribution is 2.20. The van der Waals surface area contributed by atoms with Gasteiger partial charge in [0, 0.05) is 18.7 Å². The number of nitrogen functional groups attached to an aromatic ring is 1. The van der Waals surface area contributed by atoms with Crippen molar-refractivity contribution >= 4 is 5.91 Å². The van der Waals surface area contributed by atoms with Gasteiger partial charge >= 0.3 is 0 Å².